The van der Waals surface area contributed by atoms with E-state index in [9.17, 15) is 4.39 Å². The molecule has 110 valence electrons. The molecule has 0 bridgehead atoms. The van der Waals surface area contributed by atoms with Crippen molar-refractivity contribution in [3.63, 3.8) is 0 Å². The minimum absolute atomic E-state index is 0.221. The third-order valence-corrected chi connectivity index (χ3v) is 4.63. The number of piperidine rings is 1. The molecule has 0 aliphatic carbocycles. The summed E-state index contributed by atoms with van der Waals surface area (Å²) in [6.45, 7) is 5.43. The standard InChI is InChI=1S/C15H23FN4/c1-11-9-19-7-3-2-4-13(19)10-20(11)15-14(16)12(8-17)5-6-18-15/h5-6,11,13H,2-4,7-10,17H2,1H3. The lowest BCUT2D eigenvalue weighted by atomic mass is 9.97. The summed E-state index contributed by atoms with van der Waals surface area (Å²) in [6.07, 6.45) is 5.45. The summed E-state index contributed by atoms with van der Waals surface area (Å²) in [4.78, 5) is 8.95. The highest BCUT2D eigenvalue weighted by Gasteiger charge is 2.34. The van der Waals surface area contributed by atoms with Gasteiger partial charge in [0.25, 0.3) is 0 Å². The average Bonchev–Trinajstić information content (AvgIpc) is 2.47. The van der Waals surface area contributed by atoms with Gasteiger partial charge >= 0.3 is 0 Å². The molecule has 2 saturated heterocycles. The summed E-state index contributed by atoms with van der Waals surface area (Å²) in [5.41, 5.74) is 6.14. The number of nitrogens with zero attached hydrogens (tertiary/aromatic N) is 3. The van der Waals surface area contributed by atoms with Crippen molar-refractivity contribution < 1.29 is 4.39 Å². The van der Waals surface area contributed by atoms with E-state index in [2.05, 4.69) is 21.7 Å². The zero-order valence-corrected chi connectivity index (χ0v) is 12.1. The van der Waals surface area contributed by atoms with Gasteiger partial charge in [-0.15, -0.1) is 0 Å². The fourth-order valence-electron chi connectivity index (χ4n) is 3.48. The first-order valence-corrected chi connectivity index (χ1v) is 7.55. The molecule has 0 radical (unpaired) electrons. The number of nitrogens with two attached hydrogens (primary N) is 1. The molecule has 20 heavy (non-hydrogen) atoms. The maximum Gasteiger partial charge on any atom is 0.170 e. The first-order chi connectivity index (χ1) is 9.70. The summed E-state index contributed by atoms with van der Waals surface area (Å²) in [5.74, 6) is 0.233. The lowest BCUT2D eigenvalue weighted by Gasteiger charge is -2.48. The predicted molar refractivity (Wildman–Crippen MR) is 78.1 cm³/mol. The van der Waals surface area contributed by atoms with Gasteiger partial charge in [0.05, 0.1) is 0 Å². The van der Waals surface area contributed by atoms with Crippen LogP contribution in [0.15, 0.2) is 12.3 Å². The van der Waals surface area contributed by atoms with Crippen LogP contribution in [-0.2, 0) is 6.54 Å². The highest BCUT2D eigenvalue weighted by atomic mass is 19.1. The smallest absolute Gasteiger partial charge is 0.170 e. The largest absolute Gasteiger partial charge is 0.349 e. The Morgan fingerprint density at radius 2 is 2.25 bits per heavy atom. The van der Waals surface area contributed by atoms with Crippen molar-refractivity contribution in [3.05, 3.63) is 23.6 Å². The van der Waals surface area contributed by atoms with Gasteiger partial charge in [-0.3, -0.25) is 4.90 Å². The Kier molecular flexibility index (Phi) is 3.89. The molecule has 0 amide bonds. The Balaban J connectivity index is 1.86. The summed E-state index contributed by atoms with van der Waals surface area (Å²) >= 11 is 0. The lowest BCUT2D eigenvalue weighted by Crippen LogP contribution is -2.59. The highest BCUT2D eigenvalue weighted by molar-refractivity contribution is 5.45. The SMILES string of the molecule is CC1CN2CCCCC2CN1c1nccc(CN)c1F. The Morgan fingerprint density at radius 3 is 3.05 bits per heavy atom. The molecule has 2 atom stereocenters. The molecule has 2 aliphatic rings. The first-order valence-electron chi connectivity index (χ1n) is 7.55. The van der Waals surface area contributed by atoms with Crippen molar-refractivity contribution in [1.29, 1.82) is 0 Å². The number of rotatable bonds is 2. The molecular formula is C15H23FN4. The van der Waals surface area contributed by atoms with Crippen molar-refractivity contribution in [1.82, 2.24) is 9.88 Å². The van der Waals surface area contributed by atoms with E-state index in [0.717, 1.165) is 13.1 Å². The molecular weight excluding hydrogens is 255 g/mol. The average molecular weight is 278 g/mol. The molecule has 3 heterocycles. The van der Waals surface area contributed by atoms with E-state index in [1.807, 2.05) is 0 Å². The second kappa shape index (κ2) is 5.66. The van der Waals surface area contributed by atoms with Crippen LogP contribution in [0.4, 0.5) is 10.2 Å². The van der Waals surface area contributed by atoms with Gasteiger partial charge in [0.15, 0.2) is 11.6 Å². The van der Waals surface area contributed by atoms with Gasteiger partial charge in [0.2, 0.25) is 0 Å². The summed E-state index contributed by atoms with van der Waals surface area (Å²) in [6, 6.07) is 2.50. The molecule has 2 aliphatic heterocycles. The Hall–Kier alpha value is -1.20. The quantitative estimate of drug-likeness (QED) is 0.895. The monoisotopic (exact) mass is 278 g/mol. The number of hydrogen-bond donors (Lipinski definition) is 1. The fourth-order valence-corrected chi connectivity index (χ4v) is 3.48. The Labute approximate surface area is 119 Å². The summed E-state index contributed by atoms with van der Waals surface area (Å²) in [7, 11) is 0. The topological polar surface area (TPSA) is 45.4 Å². The van der Waals surface area contributed by atoms with Gasteiger partial charge in [-0.25, -0.2) is 9.37 Å². The van der Waals surface area contributed by atoms with Crippen LogP contribution < -0.4 is 10.6 Å². The normalized spacial score (nSPS) is 27.4. The van der Waals surface area contributed by atoms with Crippen molar-refractivity contribution in [3.8, 4) is 0 Å². The van der Waals surface area contributed by atoms with Crippen LogP contribution in [0.1, 0.15) is 31.7 Å². The van der Waals surface area contributed by atoms with Gasteiger partial charge < -0.3 is 10.6 Å². The molecule has 2 fully saturated rings. The second-order valence-electron chi connectivity index (χ2n) is 5.96. The fraction of sp³-hybridized carbons (Fsp3) is 0.667. The molecule has 0 saturated carbocycles. The maximum absolute atomic E-state index is 14.5. The van der Waals surface area contributed by atoms with Crippen molar-refractivity contribution in [2.45, 2.75) is 44.8 Å². The number of hydrogen-bond acceptors (Lipinski definition) is 4. The predicted octanol–water partition coefficient (Wildman–Crippen LogP) is 1.74. The number of aromatic nitrogens is 1. The van der Waals surface area contributed by atoms with Crippen LogP contribution in [-0.4, -0.2) is 41.6 Å². The van der Waals surface area contributed by atoms with E-state index in [-0.39, 0.29) is 12.4 Å². The van der Waals surface area contributed by atoms with Gasteiger partial charge in [-0.05, 0) is 32.4 Å². The van der Waals surface area contributed by atoms with Gasteiger partial charge in [0.1, 0.15) is 0 Å². The number of anilines is 1. The number of piperazine rings is 1. The van der Waals surface area contributed by atoms with Crippen LogP contribution >= 0.6 is 0 Å². The minimum Gasteiger partial charge on any atom is -0.349 e. The molecule has 5 heteroatoms. The highest BCUT2D eigenvalue weighted by Crippen LogP contribution is 2.29. The molecule has 2 N–H and O–H groups in total. The van der Waals surface area contributed by atoms with Crippen LogP contribution in [0, 0.1) is 5.82 Å². The van der Waals surface area contributed by atoms with Crippen LogP contribution in [0.3, 0.4) is 0 Å². The van der Waals surface area contributed by atoms with Crippen molar-refractivity contribution >= 4 is 5.82 Å². The van der Waals surface area contributed by atoms with Crippen molar-refractivity contribution in [2.75, 3.05) is 24.5 Å². The third kappa shape index (κ3) is 2.40. The number of halogens is 1. The van der Waals surface area contributed by atoms with E-state index < -0.39 is 0 Å². The van der Waals surface area contributed by atoms with E-state index in [4.69, 9.17) is 5.73 Å². The molecule has 3 rings (SSSR count). The van der Waals surface area contributed by atoms with Crippen LogP contribution in [0.2, 0.25) is 0 Å². The minimum atomic E-state index is -0.244. The maximum atomic E-state index is 14.5. The first kappa shape index (κ1) is 13.8. The lowest BCUT2D eigenvalue weighted by molar-refractivity contribution is 0.115. The number of fused-ring (bicyclic) bond motifs is 1. The van der Waals surface area contributed by atoms with E-state index in [1.165, 1.54) is 25.8 Å². The molecule has 4 nitrogen and oxygen atoms in total. The molecule has 0 spiro atoms. The molecule has 1 aromatic rings. The second-order valence-corrected chi connectivity index (χ2v) is 5.96. The van der Waals surface area contributed by atoms with E-state index in [0.29, 0.717) is 23.5 Å². The van der Waals surface area contributed by atoms with E-state index >= 15 is 0 Å². The zero-order chi connectivity index (χ0) is 14.1. The molecule has 0 aromatic carbocycles. The third-order valence-electron chi connectivity index (χ3n) is 4.63. The van der Waals surface area contributed by atoms with Gasteiger partial charge in [-0.1, -0.05) is 6.42 Å². The van der Waals surface area contributed by atoms with Crippen LogP contribution in [0.25, 0.3) is 0 Å². The summed E-state index contributed by atoms with van der Waals surface area (Å²) in [5, 5.41) is 0. The van der Waals surface area contributed by atoms with Gasteiger partial charge in [-0.2, -0.15) is 0 Å². The van der Waals surface area contributed by atoms with E-state index in [1.54, 1.807) is 12.3 Å². The Bertz CT molecular complexity index is 479. The van der Waals surface area contributed by atoms with Crippen molar-refractivity contribution in [2.24, 2.45) is 5.73 Å². The van der Waals surface area contributed by atoms with Gasteiger partial charge in [0, 0.05) is 43.5 Å². The zero-order valence-electron chi connectivity index (χ0n) is 12.1. The Morgan fingerprint density at radius 1 is 1.40 bits per heavy atom. The number of pyridine rings is 1. The van der Waals surface area contributed by atoms with Crippen LogP contribution in [0.5, 0.6) is 0 Å². The molecule has 1 aromatic heterocycles. The molecule has 2 unspecified atom stereocenters. The summed E-state index contributed by atoms with van der Waals surface area (Å²) < 4.78 is 14.5.